The van der Waals surface area contributed by atoms with Gasteiger partial charge in [-0.1, -0.05) is 28.4 Å². The number of pyridine rings is 1. The smallest absolute Gasteiger partial charge is 0.306 e. The van der Waals surface area contributed by atoms with Crippen LogP contribution >= 0.6 is 23.2 Å². The molecule has 3 rings (SSSR count). The van der Waals surface area contributed by atoms with Crippen molar-refractivity contribution in [3.63, 3.8) is 0 Å². The minimum absolute atomic E-state index is 0.0292. The molecule has 0 spiro atoms. The molecule has 0 bridgehead atoms. The highest BCUT2D eigenvalue weighted by molar-refractivity contribution is 6.35. The Hall–Kier alpha value is -1.66. The zero-order valence-corrected chi connectivity index (χ0v) is 12.3. The summed E-state index contributed by atoms with van der Waals surface area (Å²) < 4.78 is 5.23. The molecule has 0 radical (unpaired) electrons. The molecule has 6 nitrogen and oxygen atoms in total. The fourth-order valence-corrected chi connectivity index (χ4v) is 2.97. The molecule has 1 saturated carbocycles. The highest BCUT2D eigenvalue weighted by Gasteiger charge is 2.34. The predicted octanol–water partition coefficient (Wildman–Crippen LogP) is 3.41. The van der Waals surface area contributed by atoms with E-state index in [-0.39, 0.29) is 17.7 Å². The van der Waals surface area contributed by atoms with Gasteiger partial charge in [0.25, 0.3) is 0 Å². The van der Waals surface area contributed by atoms with Gasteiger partial charge in [-0.05, 0) is 25.3 Å². The van der Waals surface area contributed by atoms with Crippen LogP contribution < -0.4 is 0 Å². The number of hydrogen-bond donors (Lipinski definition) is 1. The Kier molecular flexibility index (Phi) is 3.82. The first-order valence-corrected chi connectivity index (χ1v) is 7.18. The molecule has 1 fully saturated rings. The average Bonchev–Trinajstić information content (AvgIpc) is 3.07. The van der Waals surface area contributed by atoms with Gasteiger partial charge < -0.3 is 9.63 Å². The molecule has 2 aromatic rings. The predicted molar refractivity (Wildman–Crippen MR) is 75.3 cm³/mol. The molecule has 0 saturated heterocycles. The van der Waals surface area contributed by atoms with Crippen LogP contribution in [0, 0.1) is 5.92 Å². The van der Waals surface area contributed by atoms with E-state index in [9.17, 15) is 4.79 Å². The van der Waals surface area contributed by atoms with E-state index < -0.39 is 5.97 Å². The summed E-state index contributed by atoms with van der Waals surface area (Å²) in [6.07, 6.45) is 3.31. The topological polar surface area (TPSA) is 89.1 Å². The standard InChI is InChI=1S/C13H11Cl2N3O3/c14-8-4-9(15)10(16-5-8)11-17-12(21-18-11)6-1-2-7(3-6)13(19)20/h4-7H,1-3H2,(H,19,20). The lowest BCUT2D eigenvalue weighted by Gasteiger charge is -2.02. The fourth-order valence-electron chi connectivity index (χ4n) is 2.51. The van der Waals surface area contributed by atoms with E-state index in [1.165, 1.54) is 6.20 Å². The molecular weight excluding hydrogens is 317 g/mol. The van der Waals surface area contributed by atoms with Crippen LogP contribution in [0.1, 0.15) is 31.1 Å². The van der Waals surface area contributed by atoms with Gasteiger partial charge in [-0.2, -0.15) is 4.98 Å². The summed E-state index contributed by atoms with van der Waals surface area (Å²) in [6, 6.07) is 1.55. The van der Waals surface area contributed by atoms with Crippen LogP contribution in [0.3, 0.4) is 0 Å². The molecule has 8 heteroatoms. The van der Waals surface area contributed by atoms with E-state index in [1.54, 1.807) is 6.07 Å². The molecule has 2 atom stereocenters. The van der Waals surface area contributed by atoms with E-state index in [0.29, 0.717) is 34.5 Å². The first kappa shape index (κ1) is 14.3. The van der Waals surface area contributed by atoms with Crippen molar-refractivity contribution in [3.8, 4) is 11.5 Å². The number of aromatic nitrogens is 3. The second-order valence-electron chi connectivity index (χ2n) is 4.99. The Balaban J connectivity index is 1.82. The zero-order chi connectivity index (χ0) is 15.0. The summed E-state index contributed by atoms with van der Waals surface area (Å²) >= 11 is 11.8. The number of carbonyl (C=O) groups is 1. The number of nitrogens with zero attached hydrogens (tertiary/aromatic N) is 3. The highest BCUT2D eigenvalue weighted by atomic mass is 35.5. The van der Waals surface area contributed by atoms with E-state index in [4.69, 9.17) is 32.8 Å². The maximum Gasteiger partial charge on any atom is 0.306 e. The number of aliphatic carboxylic acids is 1. The molecule has 1 aliphatic carbocycles. The summed E-state index contributed by atoms with van der Waals surface area (Å²) in [5, 5.41) is 13.6. The first-order chi connectivity index (χ1) is 10.0. The minimum Gasteiger partial charge on any atom is -0.481 e. The van der Waals surface area contributed by atoms with E-state index in [1.807, 2.05) is 0 Å². The fraction of sp³-hybridized carbons (Fsp3) is 0.385. The van der Waals surface area contributed by atoms with Crippen LogP contribution in [-0.2, 0) is 4.79 Å². The van der Waals surface area contributed by atoms with Crippen LogP contribution in [0.25, 0.3) is 11.5 Å². The second kappa shape index (κ2) is 5.61. The summed E-state index contributed by atoms with van der Waals surface area (Å²) in [5.74, 6) is -0.437. The van der Waals surface area contributed by atoms with Crippen LogP contribution in [0.2, 0.25) is 10.0 Å². The zero-order valence-electron chi connectivity index (χ0n) is 10.8. The van der Waals surface area contributed by atoms with Crippen molar-refractivity contribution in [2.24, 2.45) is 5.92 Å². The Morgan fingerprint density at radius 1 is 1.38 bits per heavy atom. The Morgan fingerprint density at radius 2 is 2.19 bits per heavy atom. The Morgan fingerprint density at radius 3 is 2.86 bits per heavy atom. The maximum absolute atomic E-state index is 11.0. The number of carboxylic acid groups (broad SMARTS) is 1. The van der Waals surface area contributed by atoms with Gasteiger partial charge in [0, 0.05) is 12.1 Å². The lowest BCUT2D eigenvalue weighted by atomic mass is 10.1. The van der Waals surface area contributed by atoms with Gasteiger partial charge in [0.2, 0.25) is 11.7 Å². The molecule has 2 aromatic heterocycles. The van der Waals surface area contributed by atoms with Gasteiger partial charge in [-0.15, -0.1) is 0 Å². The highest BCUT2D eigenvalue weighted by Crippen LogP contribution is 2.38. The normalized spacial score (nSPS) is 21.6. The first-order valence-electron chi connectivity index (χ1n) is 6.42. The SMILES string of the molecule is O=C(O)C1CCC(c2nc(-c3ncc(Cl)cc3Cl)no2)C1. The van der Waals surface area contributed by atoms with E-state index in [2.05, 4.69) is 15.1 Å². The van der Waals surface area contributed by atoms with Gasteiger partial charge in [0.05, 0.1) is 16.0 Å². The van der Waals surface area contributed by atoms with Crippen LogP contribution in [0.4, 0.5) is 0 Å². The van der Waals surface area contributed by atoms with E-state index >= 15 is 0 Å². The van der Waals surface area contributed by atoms with Gasteiger partial charge in [-0.25, -0.2) is 4.98 Å². The lowest BCUT2D eigenvalue weighted by Crippen LogP contribution is -2.09. The number of carboxylic acids is 1. The average molecular weight is 328 g/mol. The van der Waals surface area contributed by atoms with Gasteiger partial charge >= 0.3 is 5.97 Å². The Bertz CT molecular complexity index is 689. The summed E-state index contributed by atoms with van der Waals surface area (Å²) in [4.78, 5) is 19.3. The third kappa shape index (κ3) is 2.87. The third-order valence-corrected chi connectivity index (χ3v) is 4.09. The van der Waals surface area contributed by atoms with Crippen molar-refractivity contribution in [2.45, 2.75) is 25.2 Å². The quantitative estimate of drug-likeness (QED) is 0.929. The van der Waals surface area contributed by atoms with Crippen molar-refractivity contribution in [1.82, 2.24) is 15.1 Å². The van der Waals surface area contributed by atoms with Crippen molar-refractivity contribution >= 4 is 29.2 Å². The largest absolute Gasteiger partial charge is 0.481 e. The molecular formula is C13H11Cl2N3O3. The van der Waals surface area contributed by atoms with Crippen molar-refractivity contribution in [1.29, 1.82) is 0 Å². The van der Waals surface area contributed by atoms with Gasteiger partial charge in [0.15, 0.2) is 0 Å². The second-order valence-corrected chi connectivity index (χ2v) is 5.83. The van der Waals surface area contributed by atoms with E-state index in [0.717, 1.165) is 6.42 Å². The van der Waals surface area contributed by atoms with Crippen LogP contribution in [0.15, 0.2) is 16.8 Å². The molecule has 0 aromatic carbocycles. The molecule has 0 amide bonds. The molecule has 110 valence electrons. The number of rotatable bonds is 3. The van der Waals surface area contributed by atoms with Crippen LogP contribution in [-0.4, -0.2) is 26.2 Å². The summed E-state index contributed by atoms with van der Waals surface area (Å²) in [5.41, 5.74) is 0.392. The molecule has 21 heavy (non-hydrogen) atoms. The monoisotopic (exact) mass is 327 g/mol. The van der Waals surface area contributed by atoms with Gasteiger partial charge in [0.1, 0.15) is 5.69 Å². The van der Waals surface area contributed by atoms with Crippen molar-refractivity contribution in [2.75, 3.05) is 0 Å². The minimum atomic E-state index is -0.778. The van der Waals surface area contributed by atoms with Gasteiger partial charge in [-0.3, -0.25) is 4.79 Å². The molecule has 0 aliphatic heterocycles. The lowest BCUT2D eigenvalue weighted by molar-refractivity contribution is -0.141. The van der Waals surface area contributed by atoms with Crippen molar-refractivity contribution in [3.05, 3.63) is 28.2 Å². The summed E-state index contributed by atoms with van der Waals surface area (Å²) in [7, 11) is 0. The third-order valence-electron chi connectivity index (χ3n) is 3.59. The number of hydrogen-bond acceptors (Lipinski definition) is 5. The number of halogens is 2. The Labute approximate surface area is 130 Å². The van der Waals surface area contributed by atoms with Crippen LogP contribution in [0.5, 0.6) is 0 Å². The summed E-state index contributed by atoms with van der Waals surface area (Å²) in [6.45, 7) is 0. The molecule has 2 heterocycles. The molecule has 1 aliphatic rings. The van der Waals surface area contributed by atoms with Crippen molar-refractivity contribution < 1.29 is 14.4 Å². The molecule has 1 N–H and O–H groups in total. The maximum atomic E-state index is 11.0. The molecule has 2 unspecified atom stereocenters.